The van der Waals surface area contributed by atoms with Gasteiger partial charge in [-0.1, -0.05) is 27.7 Å². The van der Waals surface area contributed by atoms with Gasteiger partial charge in [-0.05, 0) is 18.8 Å². The number of rotatable bonds is 7. The largest absolute Gasteiger partial charge is 0.480 e. The SMILES string of the molecule is CC(N)C(=O)NC(C(=O)NC(C(=O)O)C(C)C)C(C)C. The van der Waals surface area contributed by atoms with Crippen molar-refractivity contribution in [1.29, 1.82) is 0 Å². The lowest BCUT2D eigenvalue weighted by molar-refractivity contribution is -0.143. The lowest BCUT2D eigenvalue weighted by Gasteiger charge is -2.26. The van der Waals surface area contributed by atoms with Gasteiger partial charge in [0.1, 0.15) is 12.1 Å². The Morgan fingerprint density at radius 2 is 1.25 bits per heavy atom. The number of aliphatic carboxylic acids is 1. The quantitative estimate of drug-likeness (QED) is 0.512. The summed E-state index contributed by atoms with van der Waals surface area (Å²) >= 11 is 0. The van der Waals surface area contributed by atoms with E-state index in [0.717, 1.165) is 0 Å². The van der Waals surface area contributed by atoms with Crippen LogP contribution in [-0.4, -0.2) is 41.0 Å². The summed E-state index contributed by atoms with van der Waals surface area (Å²) in [4.78, 5) is 34.8. The lowest BCUT2D eigenvalue weighted by atomic mass is 10.00. The number of carboxylic acid groups (broad SMARTS) is 1. The molecule has 5 N–H and O–H groups in total. The van der Waals surface area contributed by atoms with Gasteiger partial charge in [0, 0.05) is 0 Å². The van der Waals surface area contributed by atoms with Gasteiger partial charge in [-0.3, -0.25) is 9.59 Å². The molecule has 0 fully saturated rings. The van der Waals surface area contributed by atoms with Gasteiger partial charge in [-0.25, -0.2) is 4.79 Å². The first-order valence-electron chi connectivity index (χ1n) is 6.67. The molecule has 0 saturated heterocycles. The van der Waals surface area contributed by atoms with Gasteiger partial charge < -0.3 is 21.5 Å². The third kappa shape index (κ3) is 5.56. The second-order valence-corrected chi connectivity index (χ2v) is 5.59. The third-order valence-electron chi connectivity index (χ3n) is 2.89. The first kappa shape index (κ1) is 18.4. The Hall–Kier alpha value is -1.63. The zero-order chi connectivity index (χ0) is 16.0. The highest BCUT2D eigenvalue weighted by Crippen LogP contribution is 2.06. The van der Waals surface area contributed by atoms with Crippen molar-refractivity contribution in [1.82, 2.24) is 10.6 Å². The molecule has 2 amide bonds. The fourth-order valence-corrected chi connectivity index (χ4v) is 1.58. The average molecular weight is 287 g/mol. The molecule has 20 heavy (non-hydrogen) atoms. The van der Waals surface area contributed by atoms with E-state index in [2.05, 4.69) is 10.6 Å². The van der Waals surface area contributed by atoms with Gasteiger partial charge in [0.05, 0.1) is 6.04 Å². The molecule has 0 saturated carbocycles. The zero-order valence-corrected chi connectivity index (χ0v) is 12.6. The maximum atomic E-state index is 12.1. The fraction of sp³-hybridized carbons (Fsp3) is 0.769. The van der Waals surface area contributed by atoms with E-state index in [1.54, 1.807) is 27.7 Å². The first-order chi connectivity index (χ1) is 9.07. The van der Waals surface area contributed by atoms with Crippen LogP contribution in [0.1, 0.15) is 34.6 Å². The minimum Gasteiger partial charge on any atom is -0.480 e. The number of nitrogens with one attached hydrogen (secondary N) is 2. The van der Waals surface area contributed by atoms with Crippen molar-refractivity contribution in [2.24, 2.45) is 17.6 Å². The van der Waals surface area contributed by atoms with Crippen LogP contribution in [0, 0.1) is 11.8 Å². The van der Waals surface area contributed by atoms with Gasteiger partial charge >= 0.3 is 5.97 Å². The van der Waals surface area contributed by atoms with Gasteiger partial charge in [0.15, 0.2) is 0 Å². The molecule has 116 valence electrons. The predicted molar refractivity (Wildman–Crippen MR) is 74.8 cm³/mol. The van der Waals surface area contributed by atoms with Crippen LogP contribution in [0.4, 0.5) is 0 Å². The van der Waals surface area contributed by atoms with E-state index in [-0.39, 0.29) is 11.8 Å². The second kappa shape index (κ2) is 7.84. The topological polar surface area (TPSA) is 122 Å². The third-order valence-corrected chi connectivity index (χ3v) is 2.89. The molecule has 0 rings (SSSR count). The number of amides is 2. The highest BCUT2D eigenvalue weighted by molar-refractivity contribution is 5.91. The number of carboxylic acids is 1. The maximum Gasteiger partial charge on any atom is 0.326 e. The second-order valence-electron chi connectivity index (χ2n) is 5.59. The number of nitrogens with two attached hydrogens (primary N) is 1. The molecule has 0 radical (unpaired) electrons. The van der Waals surface area contributed by atoms with Crippen molar-refractivity contribution in [3.63, 3.8) is 0 Å². The highest BCUT2D eigenvalue weighted by Gasteiger charge is 2.30. The Kier molecular flexibility index (Phi) is 7.20. The summed E-state index contributed by atoms with van der Waals surface area (Å²) in [7, 11) is 0. The average Bonchev–Trinajstić information content (AvgIpc) is 2.30. The van der Waals surface area contributed by atoms with Crippen LogP contribution in [0.5, 0.6) is 0 Å². The smallest absolute Gasteiger partial charge is 0.326 e. The first-order valence-corrected chi connectivity index (χ1v) is 6.67. The van der Waals surface area contributed by atoms with E-state index >= 15 is 0 Å². The van der Waals surface area contributed by atoms with E-state index < -0.39 is 35.9 Å². The monoisotopic (exact) mass is 287 g/mol. The molecule has 0 aromatic carbocycles. The van der Waals surface area contributed by atoms with E-state index in [1.807, 2.05) is 0 Å². The molecule has 0 bridgehead atoms. The van der Waals surface area contributed by atoms with Crippen molar-refractivity contribution in [3.8, 4) is 0 Å². The summed E-state index contributed by atoms with van der Waals surface area (Å²) in [5.74, 6) is -2.51. The standard InChI is InChI=1S/C13H25N3O4/c1-6(2)9(15-11(17)8(5)14)12(18)16-10(7(3)4)13(19)20/h6-10H,14H2,1-5H3,(H,15,17)(H,16,18)(H,19,20). The van der Waals surface area contributed by atoms with Crippen LogP contribution in [0.3, 0.4) is 0 Å². The van der Waals surface area contributed by atoms with Crippen molar-refractivity contribution >= 4 is 17.8 Å². The number of hydrogen-bond donors (Lipinski definition) is 4. The molecule has 0 heterocycles. The van der Waals surface area contributed by atoms with Crippen LogP contribution in [0.15, 0.2) is 0 Å². The minimum absolute atomic E-state index is 0.181. The van der Waals surface area contributed by atoms with Crippen molar-refractivity contribution in [2.45, 2.75) is 52.7 Å². The molecule has 3 unspecified atom stereocenters. The summed E-state index contributed by atoms with van der Waals surface area (Å²) in [5.41, 5.74) is 5.44. The number of carbonyl (C=O) groups excluding carboxylic acids is 2. The van der Waals surface area contributed by atoms with Gasteiger partial charge in [0.25, 0.3) is 0 Å². The van der Waals surface area contributed by atoms with E-state index in [0.29, 0.717) is 0 Å². The summed E-state index contributed by atoms with van der Waals surface area (Å²) in [6, 6.07) is -2.53. The molecule has 7 heteroatoms. The minimum atomic E-state index is -1.10. The zero-order valence-electron chi connectivity index (χ0n) is 12.6. The predicted octanol–water partition coefficient (Wildman–Crippen LogP) is -0.300. The number of carbonyl (C=O) groups is 3. The maximum absolute atomic E-state index is 12.1. The normalized spacial score (nSPS) is 15.6. The molecule has 0 aliphatic rings. The summed E-state index contributed by atoms with van der Waals surface area (Å²) in [5, 5.41) is 14.0. The van der Waals surface area contributed by atoms with E-state index in [4.69, 9.17) is 10.8 Å². The Bertz CT molecular complexity index is 367. The molecule has 0 spiro atoms. The Morgan fingerprint density at radius 1 is 0.850 bits per heavy atom. The van der Waals surface area contributed by atoms with Crippen molar-refractivity contribution in [2.75, 3.05) is 0 Å². The molecule has 0 aliphatic heterocycles. The Balaban J connectivity index is 4.89. The Morgan fingerprint density at radius 3 is 1.55 bits per heavy atom. The molecular weight excluding hydrogens is 262 g/mol. The van der Waals surface area contributed by atoms with Crippen LogP contribution < -0.4 is 16.4 Å². The van der Waals surface area contributed by atoms with Crippen LogP contribution in [-0.2, 0) is 14.4 Å². The summed E-state index contributed by atoms with van der Waals surface area (Å²) < 4.78 is 0. The Labute approximate surface area is 119 Å². The lowest BCUT2D eigenvalue weighted by Crippen LogP contribution is -2.56. The van der Waals surface area contributed by atoms with Crippen molar-refractivity contribution in [3.05, 3.63) is 0 Å². The molecular formula is C13H25N3O4. The fourth-order valence-electron chi connectivity index (χ4n) is 1.58. The van der Waals surface area contributed by atoms with E-state index in [9.17, 15) is 14.4 Å². The van der Waals surface area contributed by atoms with E-state index in [1.165, 1.54) is 6.92 Å². The number of hydrogen-bond acceptors (Lipinski definition) is 4. The van der Waals surface area contributed by atoms with Crippen LogP contribution >= 0.6 is 0 Å². The summed E-state index contributed by atoms with van der Waals surface area (Å²) in [6.07, 6.45) is 0. The molecule has 7 nitrogen and oxygen atoms in total. The van der Waals surface area contributed by atoms with Gasteiger partial charge in [-0.2, -0.15) is 0 Å². The van der Waals surface area contributed by atoms with Crippen LogP contribution in [0.25, 0.3) is 0 Å². The van der Waals surface area contributed by atoms with Gasteiger partial charge in [-0.15, -0.1) is 0 Å². The molecule has 0 aromatic heterocycles. The van der Waals surface area contributed by atoms with Gasteiger partial charge in [0.2, 0.25) is 11.8 Å². The van der Waals surface area contributed by atoms with Crippen LogP contribution in [0.2, 0.25) is 0 Å². The summed E-state index contributed by atoms with van der Waals surface area (Å²) in [6.45, 7) is 8.43. The van der Waals surface area contributed by atoms with Crippen molar-refractivity contribution < 1.29 is 19.5 Å². The highest BCUT2D eigenvalue weighted by atomic mass is 16.4. The molecule has 0 aliphatic carbocycles. The molecule has 3 atom stereocenters. The molecule has 0 aromatic rings.